The van der Waals surface area contributed by atoms with Crippen molar-refractivity contribution in [1.82, 2.24) is 14.9 Å². The van der Waals surface area contributed by atoms with Gasteiger partial charge in [-0.1, -0.05) is 23.8 Å². The molecule has 0 spiro atoms. The first kappa shape index (κ1) is 28.5. The number of nitrogens with two attached hydrogens (primary N) is 1. The van der Waals surface area contributed by atoms with Gasteiger partial charge in [0.25, 0.3) is 5.91 Å². The molecule has 1 aromatic heterocycles. The molecule has 5 N–H and O–H groups in total. The number of nitrogens with one attached hydrogen (secondary N) is 3. The topological polar surface area (TPSA) is 161 Å². The van der Waals surface area contributed by atoms with E-state index in [0.29, 0.717) is 34.7 Å². The molecule has 12 nitrogen and oxygen atoms in total. The third-order valence-corrected chi connectivity index (χ3v) is 6.64. The summed E-state index contributed by atoms with van der Waals surface area (Å²) in [5.41, 5.74) is 5.88. The fraction of sp³-hybridized carbons (Fsp3) is 0.321. The minimum atomic E-state index is -0.700. The number of carbonyl (C=O) groups excluding carboxylic acids is 2. The summed E-state index contributed by atoms with van der Waals surface area (Å²) in [6.07, 6.45) is 0. The van der Waals surface area contributed by atoms with E-state index in [9.17, 15) is 9.59 Å². The monoisotopic (exact) mass is 544 g/mol. The Morgan fingerprint density at radius 3 is 2.38 bits per heavy atom. The molecule has 12 heteroatoms. The Kier molecular flexibility index (Phi) is 8.61. The minimum absolute atomic E-state index is 0.0545. The highest BCUT2D eigenvalue weighted by Gasteiger charge is 2.38. The zero-order valence-electron chi connectivity index (χ0n) is 23.5. The fourth-order valence-electron chi connectivity index (χ4n) is 4.40. The van der Waals surface area contributed by atoms with Crippen LogP contribution in [0.3, 0.4) is 0 Å². The van der Waals surface area contributed by atoms with Crippen molar-refractivity contribution in [2.45, 2.75) is 41.5 Å². The number of rotatable bonds is 9. The minimum Gasteiger partial charge on any atom is -0.303 e. The number of azo groups is 1. The summed E-state index contributed by atoms with van der Waals surface area (Å²) in [6, 6.07) is 11.7. The van der Waals surface area contributed by atoms with Gasteiger partial charge in [0.2, 0.25) is 11.7 Å². The summed E-state index contributed by atoms with van der Waals surface area (Å²) in [4.78, 5) is 43.6. The number of anilines is 4. The molecule has 208 valence electrons. The molecule has 40 heavy (non-hydrogen) atoms. The van der Waals surface area contributed by atoms with Gasteiger partial charge in [-0.05, 0) is 69.5 Å². The Balaban J connectivity index is 1.59. The van der Waals surface area contributed by atoms with Crippen LogP contribution in [0, 0.1) is 33.6 Å². The smallest absolute Gasteiger partial charge is 0.303 e. The molecule has 0 radical (unpaired) electrons. The van der Waals surface area contributed by atoms with Crippen molar-refractivity contribution in [2.24, 2.45) is 22.0 Å². The normalized spacial score (nSPS) is 15.8. The molecule has 1 unspecified atom stereocenters. The molecule has 1 aliphatic heterocycles. The third-order valence-electron chi connectivity index (χ3n) is 6.64. The van der Waals surface area contributed by atoms with E-state index in [1.807, 2.05) is 45.0 Å². The predicted octanol–water partition coefficient (Wildman–Crippen LogP) is 4.26. The van der Waals surface area contributed by atoms with Crippen molar-refractivity contribution in [1.29, 1.82) is 0 Å². The van der Waals surface area contributed by atoms with Gasteiger partial charge >= 0.3 is 11.9 Å². The van der Waals surface area contributed by atoms with Crippen LogP contribution in [0.5, 0.6) is 0 Å². The van der Waals surface area contributed by atoms with E-state index in [4.69, 9.17) is 10.7 Å². The van der Waals surface area contributed by atoms with Gasteiger partial charge in [-0.2, -0.15) is 0 Å². The Morgan fingerprint density at radius 1 is 0.975 bits per heavy atom. The van der Waals surface area contributed by atoms with Crippen LogP contribution in [-0.2, 0) is 14.4 Å². The highest BCUT2D eigenvalue weighted by atomic mass is 16.6. The highest BCUT2D eigenvalue weighted by molar-refractivity contribution is 6.09. The van der Waals surface area contributed by atoms with Gasteiger partial charge in [0, 0.05) is 13.5 Å². The first-order chi connectivity index (χ1) is 19.1. The van der Waals surface area contributed by atoms with E-state index >= 15 is 0 Å². The lowest BCUT2D eigenvalue weighted by Gasteiger charge is -2.30. The Morgan fingerprint density at radius 2 is 1.70 bits per heavy atom. The van der Waals surface area contributed by atoms with Crippen molar-refractivity contribution in [3.05, 3.63) is 70.2 Å². The molecule has 2 aromatic carbocycles. The lowest BCUT2D eigenvalue weighted by molar-refractivity contribution is -0.351. The average Bonchev–Trinajstić information content (AvgIpc) is 2.90. The Hall–Kier alpha value is -4.55. The standard InChI is InChI=1S/C28H33N9O3/c1-7-37-25(38)21(14-40-29)18(5)24(26(37)39)36-35-23-13-20(10-9-16(23)3)32-27-30-19(6)31-28(34-27)33-22-11-8-15(2)12-17(22)4/h8-13,21H,7,14,29H2,1-6H3,(H2,30,31,32,33,34)/p+1. The first-order valence-corrected chi connectivity index (χ1v) is 12.9. The second-order valence-corrected chi connectivity index (χ2v) is 9.67. The van der Waals surface area contributed by atoms with E-state index in [1.165, 1.54) is 5.56 Å². The summed E-state index contributed by atoms with van der Waals surface area (Å²) < 4.78 is 0. The number of likely N-dealkylation sites (N-methyl/N-ethyl adjacent to an activating group) is 1. The van der Waals surface area contributed by atoms with Crippen molar-refractivity contribution in [3.63, 3.8) is 0 Å². The van der Waals surface area contributed by atoms with Crippen LogP contribution in [0.25, 0.3) is 0 Å². The number of amides is 2. The van der Waals surface area contributed by atoms with Gasteiger partial charge in [-0.25, -0.2) is 10.9 Å². The quantitative estimate of drug-likeness (QED) is 0.204. The van der Waals surface area contributed by atoms with Crippen LogP contribution in [0.1, 0.15) is 36.4 Å². The van der Waals surface area contributed by atoms with E-state index < -0.39 is 11.8 Å². The average molecular weight is 545 g/mol. The third kappa shape index (κ3) is 6.19. The zero-order valence-corrected chi connectivity index (χ0v) is 23.5. The van der Waals surface area contributed by atoms with Crippen molar-refractivity contribution in [2.75, 3.05) is 23.8 Å². The Bertz CT molecular complexity index is 1520. The number of imide groups is 1. The van der Waals surface area contributed by atoms with Crippen LogP contribution in [-0.4, -0.2) is 39.8 Å². The number of aromatic amines is 1. The fourth-order valence-corrected chi connectivity index (χ4v) is 4.40. The van der Waals surface area contributed by atoms with E-state index in [0.717, 1.165) is 21.7 Å². The Labute approximate surface area is 232 Å². The zero-order chi connectivity index (χ0) is 29.0. The van der Waals surface area contributed by atoms with Gasteiger partial charge in [0.05, 0.1) is 29.6 Å². The molecular formula is C28H34N9O3+. The summed E-state index contributed by atoms with van der Waals surface area (Å²) in [5, 5.41) is 15.2. The number of benzene rings is 2. The van der Waals surface area contributed by atoms with Crippen LogP contribution < -0.4 is 21.5 Å². The SMILES string of the molecule is CCN1C(=O)C(N=Nc2cc(Nc3nc(C)nc(Nc4ccc(C)cc4C)[nH+]3)ccc2C)=C(C)C(CON)C1=O. The summed E-state index contributed by atoms with van der Waals surface area (Å²) >= 11 is 0. The molecule has 0 saturated heterocycles. The summed E-state index contributed by atoms with van der Waals surface area (Å²) in [7, 11) is 0. The molecule has 1 atom stereocenters. The molecular weight excluding hydrogens is 510 g/mol. The molecule has 0 bridgehead atoms. The molecule has 0 fully saturated rings. The second kappa shape index (κ2) is 12.1. The summed E-state index contributed by atoms with van der Waals surface area (Å²) in [6.45, 7) is 11.3. The van der Waals surface area contributed by atoms with Gasteiger partial charge in [0.15, 0.2) is 5.70 Å². The highest BCUT2D eigenvalue weighted by Crippen LogP contribution is 2.30. The number of nitrogens with zero attached hydrogens (tertiary/aromatic N) is 5. The number of hydrogen-bond acceptors (Lipinski definition) is 10. The lowest BCUT2D eigenvalue weighted by Crippen LogP contribution is -2.47. The van der Waals surface area contributed by atoms with E-state index in [1.54, 1.807) is 19.9 Å². The molecule has 1 aliphatic rings. The van der Waals surface area contributed by atoms with Gasteiger partial charge < -0.3 is 4.84 Å². The summed E-state index contributed by atoms with van der Waals surface area (Å²) in [5.74, 6) is 5.27. The largest absolute Gasteiger partial charge is 0.325 e. The van der Waals surface area contributed by atoms with Crippen LogP contribution >= 0.6 is 0 Å². The van der Waals surface area contributed by atoms with Gasteiger partial charge in [0.1, 0.15) is 0 Å². The number of carbonyl (C=O) groups is 2. The molecule has 3 aromatic rings. The molecule has 2 heterocycles. The van der Waals surface area contributed by atoms with Gasteiger partial charge in [-0.3, -0.25) is 25.1 Å². The van der Waals surface area contributed by atoms with Crippen LogP contribution in [0.15, 0.2) is 57.9 Å². The van der Waals surface area contributed by atoms with Crippen molar-refractivity contribution < 1.29 is 19.4 Å². The number of aromatic nitrogens is 3. The number of aryl methyl sites for hydroxylation is 4. The maximum absolute atomic E-state index is 13.0. The van der Waals surface area contributed by atoms with Crippen molar-refractivity contribution in [3.8, 4) is 0 Å². The number of H-pyrrole nitrogens is 1. The maximum Gasteiger partial charge on any atom is 0.325 e. The first-order valence-electron chi connectivity index (χ1n) is 12.9. The van der Waals surface area contributed by atoms with Gasteiger partial charge in [-0.15, -0.1) is 20.2 Å². The molecule has 0 saturated carbocycles. The molecule has 2 amide bonds. The molecule has 0 aliphatic carbocycles. The predicted molar refractivity (Wildman–Crippen MR) is 150 cm³/mol. The maximum atomic E-state index is 13.0. The van der Waals surface area contributed by atoms with Crippen LogP contribution in [0.2, 0.25) is 0 Å². The second-order valence-electron chi connectivity index (χ2n) is 9.67. The number of hydrogen-bond donors (Lipinski definition) is 3. The van der Waals surface area contributed by atoms with Crippen molar-refractivity contribution >= 4 is 40.8 Å². The van der Waals surface area contributed by atoms with E-state index in [-0.39, 0.29) is 24.8 Å². The lowest BCUT2D eigenvalue weighted by atomic mass is 9.93. The van der Waals surface area contributed by atoms with Crippen LogP contribution in [0.4, 0.5) is 29.0 Å². The molecule has 4 rings (SSSR count). The van der Waals surface area contributed by atoms with E-state index in [2.05, 4.69) is 48.8 Å².